The molecule has 1 saturated carbocycles. The summed E-state index contributed by atoms with van der Waals surface area (Å²) in [5, 5.41) is 3.66. The van der Waals surface area contributed by atoms with Crippen molar-refractivity contribution in [3.8, 4) is 0 Å². The van der Waals surface area contributed by atoms with E-state index < -0.39 is 0 Å². The van der Waals surface area contributed by atoms with Crippen LogP contribution in [0.25, 0.3) is 0 Å². The fourth-order valence-corrected chi connectivity index (χ4v) is 2.46. The van der Waals surface area contributed by atoms with Crippen molar-refractivity contribution in [2.75, 3.05) is 13.2 Å². The second-order valence-electron chi connectivity index (χ2n) is 6.84. The topological polar surface area (TPSA) is 38.3 Å². The average molecular weight is 269 g/mol. The summed E-state index contributed by atoms with van der Waals surface area (Å²) in [4.78, 5) is 11.8. The van der Waals surface area contributed by atoms with Gasteiger partial charge in [0.25, 0.3) is 0 Å². The molecule has 0 aromatic carbocycles. The molecule has 0 radical (unpaired) electrons. The second kappa shape index (κ2) is 7.28. The maximum Gasteiger partial charge on any atom is 0.308 e. The Kier molecular flexibility index (Phi) is 6.31. The van der Waals surface area contributed by atoms with E-state index in [0.717, 1.165) is 25.8 Å². The third kappa shape index (κ3) is 5.13. The van der Waals surface area contributed by atoms with E-state index in [9.17, 15) is 4.79 Å². The summed E-state index contributed by atoms with van der Waals surface area (Å²) in [5.41, 5.74) is 0.302. The van der Waals surface area contributed by atoms with E-state index in [2.05, 4.69) is 33.0 Å². The van der Waals surface area contributed by atoms with Gasteiger partial charge in [0.15, 0.2) is 0 Å². The van der Waals surface area contributed by atoms with Crippen LogP contribution < -0.4 is 5.32 Å². The van der Waals surface area contributed by atoms with Gasteiger partial charge in [0, 0.05) is 12.6 Å². The number of carbonyl (C=O) groups excluding carboxylic acids is 1. The molecule has 0 spiro atoms. The maximum atomic E-state index is 11.8. The van der Waals surface area contributed by atoms with E-state index in [-0.39, 0.29) is 11.9 Å². The number of rotatable bonds is 6. The van der Waals surface area contributed by atoms with Crippen LogP contribution >= 0.6 is 0 Å². The van der Waals surface area contributed by atoms with Gasteiger partial charge in [-0.2, -0.15) is 0 Å². The Labute approximate surface area is 118 Å². The number of hydrogen-bond donors (Lipinski definition) is 1. The molecule has 112 valence electrons. The van der Waals surface area contributed by atoms with Gasteiger partial charge in [-0.25, -0.2) is 0 Å². The molecule has 3 nitrogen and oxygen atoms in total. The van der Waals surface area contributed by atoms with Gasteiger partial charge in [-0.05, 0) is 37.5 Å². The fraction of sp³-hybridized carbons (Fsp3) is 0.938. The van der Waals surface area contributed by atoms with Gasteiger partial charge in [0.1, 0.15) is 0 Å². The van der Waals surface area contributed by atoms with Gasteiger partial charge in [-0.3, -0.25) is 4.79 Å². The Morgan fingerprint density at radius 3 is 2.63 bits per heavy atom. The number of esters is 1. The SMILES string of the molecule is CCOC(=O)C1CCCC(NCC(C)(C)C(C)C)C1. The molecule has 1 aliphatic rings. The minimum atomic E-state index is -0.00267. The highest BCUT2D eigenvalue weighted by Crippen LogP contribution is 2.28. The number of hydrogen-bond acceptors (Lipinski definition) is 3. The third-order valence-electron chi connectivity index (χ3n) is 4.70. The zero-order valence-electron chi connectivity index (χ0n) is 13.3. The molecule has 0 saturated heterocycles. The fourth-order valence-electron chi connectivity index (χ4n) is 2.46. The van der Waals surface area contributed by atoms with Crippen LogP contribution in [0.2, 0.25) is 0 Å². The van der Waals surface area contributed by atoms with Crippen LogP contribution in [-0.4, -0.2) is 25.2 Å². The molecule has 3 heteroatoms. The lowest BCUT2D eigenvalue weighted by Crippen LogP contribution is -2.42. The number of nitrogens with one attached hydrogen (secondary N) is 1. The first kappa shape index (κ1) is 16.5. The van der Waals surface area contributed by atoms with Gasteiger partial charge < -0.3 is 10.1 Å². The van der Waals surface area contributed by atoms with Crippen molar-refractivity contribution >= 4 is 5.97 Å². The first-order chi connectivity index (χ1) is 8.86. The summed E-state index contributed by atoms with van der Waals surface area (Å²) < 4.78 is 5.15. The van der Waals surface area contributed by atoms with Crippen LogP contribution in [0, 0.1) is 17.3 Å². The molecule has 0 aromatic heterocycles. The highest BCUT2D eigenvalue weighted by Gasteiger charge is 2.30. The molecule has 2 atom stereocenters. The lowest BCUT2D eigenvalue weighted by molar-refractivity contribution is -0.149. The quantitative estimate of drug-likeness (QED) is 0.751. The van der Waals surface area contributed by atoms with Gasteiger partial charge >= 0.3 is 5.97 Å². The molecule has 0 aromatic rings. The van der Waals surface area contributed by atoms with Crippen LogP contribution in [0.1, 0.15) is 60.3 Å². The van der Waals surface area contributed by atoms with Gasteiger partial charge in [-0.15, -0.1) is 0 Å². The molecule has 1 aliphatic carbocycles. The number of ether oxygens (including phenoxy) is 1. The summed E-state index contributed by atoms with van der Waals surface area (Å²) >= 11 is 0. The first-order valence-electron chi connectivity index (χ1n) is 7.76. The zero-order valence-corrected chi connectivity index (χ0v) is 13.3. The van der Waals surface area contributed by atoms with Crippen LogP contribution in [0.4, 0.5) is 0 Å². The van der Waals surface area contributed by atoms with Crippen molar-refractivity contribution < 1.29 is 9.53 Å². The Bertz CT molecular complexity index is 286. The zero-order chi connectivity index (χ0) is 14.5. The molecule has 0 aliphatic heterocycles. The van der Waals surface area contributed by atoms with E-state index in [1.165, 1.54) is 6.42 Å². The molecule has 1 rings (SSSR count). The molecule has 1 N–H and O–H groups in total. The smallest absolute Gasteiger partial charge is 0.308 e. The van der Waals surface area contributed by atoms with E-state index in [1.807, 2.05) is 6.92 Å². The van der Waals surface area contributed by atoms with Crippen molar-refractivity contribution in [1.82, 2.24) is 5.32 Å². The predicted octanol–water partition coefficient (Wildman–Crippen LogP) is 3.38. The van der Waals surface area contributed by atoms with Crippen molar-refractivity contribution in [3.05, 3.63) is 0 Å². The molecular weight excluding hydrogens is 238 g/mol. The minimum absolute atomic E-state index is 0.00267. The molecule has 2 unspecified atom stereocenters. The Morgan fingerprint density at radius 2 is 2.05 bits per heavy atom. The normalized spacial score (nSPS) is 24.5. The van der Waals surface area contributed by atoms with Crippen LogP contribution in [0.15, 0.2) is 0 Å². The number of carbonyl (C=O) groups is 1. The molecular formula is C16H31NO2. The van der Waals surface area contributed by atoms with Crippen molar-refractivity contribution in [1.29, 1.82) is 0 Å². The van der Waals surface area contributed by atoms with Gasteiger partial charge in [0.2, 0.25) is 0 Å². The molecule has 0 amide bonds. The summed E-state index contributed by atoms with van der Waals surface area (Å²) in [6, 6.07) is 0.473. The van der Waals surface area contributed by atoms with E-state index in [4.69, 9.17) is 4.74 Å². The Morgan fingerprint density at radius 1 is 1.37 bits per heavy atom. The van der Waals surface area contributed by atoms with E-state index >= 15 is 0 Å². The summed E-state index contributed by atoms with van der Waals surface area (Å²) in [6.07, 6.45) is 4.24. The summed E-state index contributed by atoms with van der Waals surface area (Å²) in [5.74, 6) is 0.759. The van der Waals surface area contributed by atoms with Crippen LogP contribution in [0.3, 0.4) is 0 Å². The summed E-state index contributed by atoms with van der Waals surface area (Å²) in [7, 11) is 0. The van der Waals surface area contributed by atoms with Crippen molar-refractivity contribution in [2.45, 2.75) is 66.3 Å². The highest BCUT2D eigenvalue weighted by molar-refractivity contribution is 5.72. The monoisotopic (exact) mass is 269 g/mol. The largest absolute Gasteiger partial charge is 0.466 e. The maximum absolute atomic E-state index is 11.8. The van der Waals surface area contributed by atoms with Gasteiger partial charge in [0.05, 0.1) is 12.5 Å². The highest BCUT2D eigenvalue weighted by atomic mass is 16.5. The third-order valence-corrected chi connectivity index (χ3v) is 4.70. The van der Waals surface area contributed by atoms with Crippen molar-refractivity contribution in [3.63, 3.8) is 0 Å². The Balaban J connectivity index is 2.41. The second-order valence-corrected chi connectivity index (χ2v) is 6.84. The van der Waals surface area contributed by atoms with Crippen molar-refractivity contribution in [2.24, 2.45) is 17.3 Å². The Hall–Kier alpha value is -0.570. The summed E-state index contributed by atoms with van der Waals surface area (Å²) in [6.45, 7) is 12.5. The van der Waals surface area contributed by atoms with Crippen LogP contribution in [0.5, 0.6) is 0 Å². The molecule has 0 heterocycles. The molecule has 1 fully saturated rings. The van der Waals surface area contributed by atoms with Gasteiger partial charge in [-0.1, -0.05) is 34.1 Å². The standard InChI is InChI=1S/C16H31NO2/c1-6-19-15(18)13-8-7-9-14(10-13)17-11-16(4,5)12(2)3/h12-14,17H,6-11H2,1-5H3. The predicted molar refractivity (Wildman–Crippen MR) is 79.0 cm³/mol. The lowest BCUT2D eigenvalue weighted by atomic mass is 9.80. The molecule has 0 bridgehead atoms. The minimum Gasteiger partial charge on any atom is -0.466 e. The van der Waals surface area contributed by atoms with Crippen LogP contribution in [-0.2, 0) is 9.53 Å². The average Bonchev–Trinajstić information content (AvgIpc) is 2.37. The first-order valence-corrected chi connectivity index (χ1v) is 7.76. The van der Waals surface area contributed by atoms with E-state index in [0.29, 0.717) is 24.0 Å². The molecule has 19 heavy (non-hydrogen) atoms. The van der Waals surface area contributed by atoms with E-state index in [1.54, 1.807) is 0 Å². The lowest BCUT2D eigenvalue weighted by Gasteiger charge is -2.34.